The van der Waals surface area contributed by atoms with Crippen LogP contribution >= 0.6 is 0 Å². The summed E-state index contributed by atoms with van der Waals surface area (Å²) in [6.07, 6.45) is 3.96. The molecule has 4 nitrogen and oxygen atoms in total. The van der Waals surface area contributed by atoms with Crippen molar-refractivity contribution >= 4 is 16.9 Å². The number of hydrogen-bond donors (Lipinski definition) is 1. The van der Waals surface area contributed by atoms with Crippen molar-refractivity contribution in [3.05, 3.63) is 65.4 Å². The molecule has 0 spiro atoms. The number of carbonyl (C=O) groups is 1. The molecular formula is C25H32N2O2. The molecule has 0 bridgehead atoms. The lowest BCUT2D eigenvalue weighted by atomic mass is 9.97. The lowest BCUT2D eigenvalue weighted by molar-refractivity contribution is -0.135. The average Bonchev–Trinajstić information content (AvgIpc) is 3.10. The van der Waals surface area contributed by atoms with Crippen LogP contribution in [0.4, 0.5) is 0 Å². The number of nitrogens with one attached hydrogen (secondary N) is 1. The third-order valence-electron chi connectivity index (χ3n) is 5.27. The number of aromatic nitrogens is 1. The number of hydrogen-bond acceptors (Lipinski definition) is 3. The van der Waals surface area contributed by atoms with Crippen LogP contribution in [-0.4, -0.2) is 36.5 Å². The van der Waals surface area contributed by atoms with Crippen LogP contribution in [-0.2, 0) is 17.6 Å². The highest BCUT2D eigenvalue weighted by Crippen LogP contribution is 2.31. The van der Waals surface area contributed by atoms with Crippen molar-refractivity contribution in [2.75, 3.05) is 20.6 Å². The van der Waals surface area contributed by atoms with E-state index in [2.05, 4.69) is 50.0 Å². The topological polar surface area (TPSA) is 45.3 Å². The first-order chi connectivity index (χ1) is 13.8. The third-order valence-corrected chi connectivity index (χ3v) is 5.27. The number of esters is 1. The van der Waals surface area contributed by atoms with Gasteiger partial charge in [-0.1, -0.05) is 44.2 Å². The second-order valence-electron chi connectivity index (χ2n) is 8.53. The number of nitrogens with zero attached hydrogens (tertiary/aromatic N) is 1. The fourth-order valence-corrected chi connectivity index (χ4v) is 3.59. The fourth-order valence-electron chi connectivity index (χ4n) is 3.59. The van der Waals surface area contributed by atoms with E-state index in [1.807, 2.05) is 43.5 Å². The largest absolute Gasteiger partial charge is 0.425 e. The number of ether oxygens (including phenoxy) is 1. The molecule has 0 aliphatic heterocycles. The summed E-state index contributed by atoms with van der Waals surface area (Å²) in [6.45, 7) is 7.27. The predicted octanol–water partition coefficient (Wildman–Crippen LogP) is 5.18. The van der Waals surface area contributed by atoms with E-state index < -0.39 is 0 Å². The van der Waals surface area contributed by atoms with Gasteiger partial charge in [-0.3, -0.25) is 4.79 Å². The molecule has 4 heteroatoms. The average molecular weight is 393 g/mol. The van der Waals surface area contributed by atoms with Gasteiger partial charge in [0.05, 0.1) is 5.92 Å². The Balaban J connectivity index is 1.77. The van der Waals surface area contributed by atoms with Crippen LogP contribution in [0, 0.1) is 5.92 Å². The van der Waals surface area contributed by atoms with E-state index in [1.54, 1.807) is 0 Å². The first-order valence-electron chi connectivity index (χ1n) is 10.4. The maximum absolute atomic E-state index is 12.9. The van der Waals surface area contributed by atoms with E-state index in [4.69, 9.17) is 4.74 Å². The highest BCUT2D eigenvalue weighted by atomic mass is 16.5. The number of rotatable bonds is 8. The van der Waals surface area contributed by atoms with Crippen molar-refractivity contribution in [2.24, 2.45) is 5.92 Å². The molecule has 0 aliphatic rings. The molecule has 1 unspecified atom stereocenters. The van der Waals surface area contributed by atoms with Crippen LogP contribution in [0.2, 0.25) is 0 Å². The van der Waals surface area contributed by atoms with Crippen molar-refractivity contribution in [3.8, 4) is 5.75 Å². The molecule has 1 N–H and O–H groups in total. The van der Waals surface area contributed by atoms with Crippen LogP contribution in [0.5, 0.6) is 5.75 Å². The van der Waals surface area contributed by atoms with Crippen molar-refractivity contribution in [1.82, 2.24) is 9.88 Å². The van der Waals surface area contributed by atoms with Gasteiger partial charge in [0.1, 0.15) is 5.75 Å². The van der Waals surface area contributed by atoms with Crippen molar-refractivity contribution in [2.45, 2.75) is 39.5 Å². The minimum Gasteiger partial charge on any atom is -0.425 e. The summed E-state index contributed by atoms with van der Waals surface area (Å²) in [7, 11) is 4.12. The summed E-state index contributed by atoms with van der Waals surface area (Å²) in [4.78, 5) is 18.3. The molecule has 0 fully saturated rings. The Morgan fingerprint density at radius 2 is 1.79 bits per heavy atom. The smallest absolute Gasteiger partial charge is 0.318 e. The van der Waals surface area contributed by atoms with Gasteiger partial charge in [-0.25, -0.2) is 0 Å². The molecule has 1 atom stereocenters. The van der Waals surface area contributed by atoms with Gasteiger partial charge in [0.15, 0.2) is 0 Å². The number of benzene rings is 2. The zero-order chi connectivity index (χ0) is 21.0. The monoisotopic (exact) mass is 392 g/mol. The second-order valence-corrected chi connectivity index (χ2v) is 8.53. The van der Waals surface area contributed by atoms with Crippen LogP contribution in [0.15, 0.2) is 48.7 Å². The maximum atomic E-state index is 12.9. The minimum absolute atomic E-state index is 0.228. The van der Waals surface area contributed by atoms with Crippen LogP contribution in [0.25, 0.3) is 10.9 Å². The molecule has 1 aromatic heterocycles. The Morgan fingerprint density at radius 1 is 1.07 bits per heavy atom. The van der Waals surface area contributed by atoms with Gasteiger partial charge < -0.3 is 14.6 Å². The normalized spacial score (nSPS) is 12.7. The van der Waals surface area contributed by atoms with Crippen molar-refractivity contribution in [3.63, 3.8) is 0 Å². The highest BCUT2D eigenvalue weighted by molar-refractivity contribution is 5.92. The third kappa shape index (κ3) is 5.27. The van der Waals surface area contributed by atoms with Gasteiger partial charge in [0.25, 0.3) is 0 Å². The molecule has 3 rings (SSSR count). The Morgan fingerprint density at radius 3 is 2.45 bits per heavy atom. The van der Waals surface area contributed by atoms with E-state index in [1.165, 1.54) is 11.1 Å². The zero-order valence-corrected chi connectivity index (χ0v) is 18.2. The Hall–Kier alpha value is -2.59. The van der Waals surface area contributed by atoms with Gasteiger partial charge in [-0.15, -0.1) is 0 Å². The summed E-state index contributed by atoms with van der Waals surface area (Å²) >= 11 is 0. The summed E-state index contributed by atoms with van der Waals surface area (Å²) in [5.41, 5.74) is 4.45. The SMILES string of the molecule is CC(C)Cc1ccc(C(C)C(=O)Oc2cccc3[nH]cc(CCN(C)C)c23)cc1. The molecule has 154 valence electrons. The molecule has 0 saturated carbocycles. The molecule has 29 heavy (non-hydrogen) atoms. The summed E-state index contributed by atoms with van der Waals surface area (Å²) < 4.78 is 5.87. The Labute approximate surface area is 173 Å². The Bertz CT molecular complexity index is 955. The van der Waals surface area contributed by atoms with Crippen LogP contribution in [0.3, 0.4) is 0 Å². The van der Waals surface area contributed by atoms with Gasteiger partial charge in [0.2, 0.25) is 0 Å². The Kier molecular flexibility index (Phi) is 6.75. The first-order valence-corrected chi connectivity index (χ1v) is 10.4. The number of carbonyl (C=O) groups excluding carboxylic acids is 1. The molecule has 0 saturated heterocycles. The zero-order valence-electron chi connectivity index (χ0n) is 18.2. The van der Waals surface area contributed by atoms with Gasteiger partial charge in [-0.05, 0) is 68.6 Å². The summed E-state index contributed by atoms with van der Waals surface area (Å²) in [5, 5.41) is 1.00. The first kappa shape index (κ1) is 21.1. The van der Waals surface area contributed by atoms with E-state index in [0.29, 0.717) is 11.7 Å². The lowest BCUT2D eigenvalue weighted by Crippen LogP contribution is -2.17. The molecule has 0 amide bonds. The fraction of sp³-hybridized carbons (Fsp3) is 0.400. The number of fused-ring (bicyclic) bond motifs is 1. The number of H-pyrrole nitrogens is 1. The van der Waals surface area contributed by atoms with E-state index in [-0.39, 0.29) is 11.9 Å². The van der Waals surface area contributed by atoms with E-state index >= 15 is 0 Å². The van der Waals surface area contributed by atoms with Gasteiger partial charge >= 0.3 is 5.97 Å². The summed E-state index contributed by atoms with van der Waals surface area (Å²) in [5.74, 6) is 0.703. The van der Waals surface area contributed by atoms with E-state index in [0.717, 1.165) is 35.9 Å². The minimum atomic E-state index is -0.317. The summed E-state index contributed by atoms with van der Waals surface area (Å²) in [6, 6.07) is 14.1. The van der Waals surface area contributed by atoms with Crippen molar-refractivity contribution in [1.29, 1.82) is 0 Å². The maximum Gasteiger partial charge on any atom is 0.318 e. The lowest BCUT2D eigenvalue weighted by Gasteiger charge is -2.14. The number of likely N-dealkylation sites (N-methyl/N-ethyl adjacent to an activating group) is 1. The predicted molar refractivity (Wildman–Crippen MR) is 120 cm³/mol. The van der Waals surface area contributed by atoms with E-state index in [9.17, 15) is 4.79 Å². The second kappa shape index (κ2) is 9.27. The van der Waals surface area contributed by atoms with Crippen LogP contribution in [0.1, 0.15) is 43.4 Å². The van der Waals surface area contributed by atoms with Crippen molar-refractivity contribution < 1.29 is 9.53 Å². The molecule has 0 aliphatic carbocycles. The quantitative estimate of drug-likeness (QED) is 0.424. The molecule has 2 aromatic carbocycles. The molecule has 0 radical (unpaired) electrons. The van der Waals surface area contributed by atoms with Crippen LogP contribution < -0.4 is 4.74 Å². The standard InChI is InChI=1S/C25H32N2O2/c1-17(2)15-19-9-11-20(12-10-19)18(3)25(28)29-23-8-6-7-22-24(23)21(16-26-22)13-14-27(4)5/h6-12,16-18,26H,13-15H2,1-5H3. The molecule has 3 aromatic rings. The molecular weight excluding hydrogens is 360 g/mol. The number of aromatic amines is 1. The van der Waals surface area contributed by atoms with Gasteiger partial charge in [-0.2, -0.15) is 0 Å². The highest BCUT2D eigenvalue weighted by Gasteiger charge is 2.20. The molecule has 1 heterocycles. The van der Waals surface area contributed by atoms with Gasteiger partial charge in [0, 0.05) is 23.6 Å².